The second kappa shape index (κ2) is 18.0. The number of benzene rings is 1. The summed E-state index contributed by atoms with van der Waals surface area (Å²) >= 11 is 0. The fourth-order valence-electron chi connectivity index (χ4n) is 23.0. The molecule has 11 aliphatic rings. The largest absolute Gasteiger partial charge is 0.392 e. The summed E-state index contributed by atoms with van der Waals surface area (Å²) in [5.41, 5.74) is 8.81. The quantitative estimate of drug-likeness (QED) is 0.0963. The van der Waals surface area contributed by atoms with E-state index in [1.807, 2.05) is 13.8 Å². The summed E-state index contributed by atoms with van der Waals surface area (Å²) in [5, 5.41) is 27.0. The number of H-pyrrole nitrogens is 2. The highest BCUT2D eigenvalue weighted by atomic mass is 16.6. The van der Waals surface area contributed by atoms with Crippen LogP contribution in [0.3, 0.4) is 0 Å². The number of aromatic amines is 2. The summed E-state index contributed by atoms with van der Waals surface area (Å²) in [6.07, 6.45) is 25.1. The van der Waals surface area contributed by atoms with Gasteiger partial charge in [-0.15, -0.1) is 0 Å². The van der Waals surface area contributed by atoms with Gasteiger partial charge < -0.3 is 39.0 Å². The number of hydrogen-bond acceptors (Lipinski definition) is 7. The zero-order valence-electron chi connectivity index (χ0n) is 49.2. The number of nitrogens with zero attached hydrogens (tertiary/aromatic N) is 1. The van der Waals surface area contributed by atoms with Gasteiger partial charge in [-0.2, -0.15) is 0 Å². The van der Waals surface area contributed by atoms with Gasteiger partial charge in [0, 0.05) is 78.3 Å². The van der Waals surface area contributed by atoms with Gasteiger partial charge in [0.05, 0.1) is 40.7 Å². The molecular weight excluding hydrogens is 995 g/mol. The zero-order valence-corrected chi connectivity index (χ0v) is 49.2. The smallest absolute Gasteiger partial charge is 0.160 e. The van der Waals surface area contributed by atoms with Gasteiger partial charge in [-0.25, -0.2) is 0 Å². The number of aldehydes is 1. The predicted molar refractivity (Wildman–Crippen MR) is 310 cm³/mol. The number of fused-ring (bicyclic) bond motifs is 8. The van der Waals surface area contributed by atoms with Crippen molar-refractivity contribution in [3.63, 3.8) is 0 Å². The van der Waals surface area contributed by atoms with Gasteiger partial charge in [0.2, 0.25) is 0 Å². The SMILES string of the molecule is CC1(CC(O)C2OC2(C)C)CCc2c[nH]c3c(C(C=O)c4cc(C5CCCCC5)cc(C5CCOCC5)c4)cn(c23)CC2C3=C1C(=O)CC3(C)C1(C)CCC3C(C)(C4CCCC4)C(=O)C4c5cc[nH]c5C5CCC4(C5)C3(C)C1C2O. The topological polar surface area (TPSA) is 150 Å². The molecule has 0 radical (unpaired) electrons. The number of aryl methyl sites for hydroxylation is 1. The van der Waals surface area contributed by atoms with E-state index in [4.69, 9.17) is 9.47 Å². The molecule has 15 atom stereocenters. The summed E-state index contributed by atoms with van der Waals surface area (Å²) in [5.74, 6) is 0.844. The highest BCUT2D eigenvalue weighted by Gasteiger charge is 2.81. The van der Waals surface area contributed by atoms with Crippen molar-refractivity contribution in [2.75, 3.05) is 13.2 Å². The number of allylic oxidation sites excluding steroid dienone is 1. The van der Waals surface area contributed by atoms with Gasteiger partial charge in [-0.05, 0) is 200 Å². The molecule has 15 unspecified atom stereocenters. The minimum atomic E-state index is -0.835. The van der Waals surface area contributed by atoms with Crippen LogP contribution < -0.4 is 0 Å². The van der Waals surface area contributed by atoms with E-state index in [0.717, 1.165) is 123 Å². The fourth-order valence-corrected chi connectivity index (χ4v) is 23.0. The average Bonchev–Trinajstić information content (AvgIpc) is 4.17. The first-order valence-corrected chi connectivity index (χ1v) is 32.2. The molecule has 10 heteroatoms. The first-order valence-electron chi connectivity index (χ1n) is 32.2. The maximum atomic E-state index is 16.3. The monoisotopic (exact) mass is 1090 g/mol. The third-order valence-electron chi connectivity index (χ3n) is 26.9. The Morgan fingerprint density at radius 2 is 1.55 bits per heavy atom. The number of ketones is 2. The first kappa shape index (κ1) is 52.7. The fraction of sp³-hybridized carbons (Fsp3) is 0.700. The van der Waals surface area contributed by atoms with Crippen LogP contribution in [-0.4, -0.2) is 79.7 Å². The number of aliphatic hydroxyl groups excluding tert-OH is 2. The summed E-state index contributed by atoms with van der Waals surface area (Å²) in [6.45, 7) is 18.2. The summed E-state index contributed by atoms with van der Waals surface area (Å²) < 4.78 is 14.5. The number of rotatable bonds is 9. The van der Waals surface area contributed by atoms with Crippen molar-refractivity contribution >= 4 is 28.9 Å². The van der Waals surface area contributed by atoms with Crippen LogP contribution in [0, 0.1) is 56.2 Å². The molecule has 6 heterocycles. The summed E-state index contributed by atoms with van der Waals surface area (Å²) in [4.78, 5) is 54.0. The van der Waals surface area contributed by atoms with Crippen LogP contribution in [0.2, 0.25) is 0 Å². The molecule has 2 saturated heterocycles. The normalized spacial score (nSPS) is 41.2. The van der Waals surface area contributed by atoms with Crippen molar-refractivity contribution in [1.29, 1.82) is 0 Å². The number of hydrogen-bond donors (Lipinski definition) is 4. The van der Waals surface area contributed by atoms with Crippen molar-refractivity contribution in [3.05, 3.63) is 93.1 Å². The molecular formula is C70H91N3O7. The van der Waals surface area contributed by atoms with Gasteiger partial charge >= 0.3 is 0 Å². The van der Waals surface area contributed by atoms with Crippen LogP contribution in [0.4, 0.5) is 0 Å². The molecule has 15 rings (SSSR count). The number of epoxide rings is 1. The molecule has 4 aromatic rings. The van der Waals surface area contributed by atoms with Crippen molar-refractivity contribution < 1.29 is 34.1 Å². The Balaban J connectivity index is 0.926. The maximum Gasteiger partial charge on any atom is 0.160 e. The molecule has 3 aliphatic heterocycles. The maximum absolute atomic E-state index is 16.3. The molecule has 1 spiro atoms. The molecule has 80 heavy (non-hydrogen) atoms. The van der Waals surface area contributed by atoms with Gasteiger partial charge in [-0.3, -0.25) is 9.59 Å². The molecule has 0 amide bonds. The highest BCUT2D eigenvalue weighted by molar-refractivity contribution is 6.02. The van der Waals surface area contributed by atoms with E-state index in [-0.39, 0.29) is 35.1 Å². The Kier molecular flexibility index (Phi) is 11.8. The number of nitrogens with one attached hydrogen (secondary N) is 2. The third kappa shape index (κ3) is 6.94. The van der Waals surface area contributed by atoms with E-state index < -0.39 is 56.7 Å². The molecule has 428 valence electrons. The number of aliphatic hydroxyl groups is 2. The molecule has 1 aromatic carbocycles. The third-order valence-corrected chi connectivity index (χ3v) is 26.9. The first-order chi connectivity index (χ1) is 38.3. The second-order valence-electron chi connectivity index (χ2n) is 30.6. The van der Waals surface area contributed by atoms with E-state index in [2.05, 4.69) is 92.0 Å². The van der Waals surface area contributed by atoms with Gasteiger partial charge in [-0.1, -0.05) is 84.9 Å². The van der Waals surface area contributed by atoms with E-state index in [1.54, 1.807) is 0 Å². The Morgan fingerprint density at radius 1 is 0.838 bits per heavy atom. The van der Waals surface area contributed by atoms with Gasteiger partial charge in [0.25, 0.3) is 0 Å². The zero-order chi connectivity index (χ0) is 55.3. The Morgan fingerprint density at radius 3 is 2.26 bits per heavy atom. The lowest BCUT2D eigenvalue weighted by Crippen LogP contribution is -2.74. The molecule has 3 aromatic heterocycles. The van der Waals surface area contributed by atoms with Crippen LogP contribution in [0.5, 0.6) is 0 Å². The Hall–Kier alpha value is -4.09. The van der Waals surface area contributed by atoms with Gasteiger partial charge in [0.15, 0.2) is 5.78 Å². The van der Waals surface area contributed by atoms with Crippen LogP contribution in [0.1, 0.15) is 239 Å². The standard InChI is InChI=1S/C70H91N3O7/c1-64(2)63(80-64)52(76)33-65(3)23-17-42-35-72-58-48(50(38-74)45-30-43(39-13-9-8-10-14-39)29-44(31-45)40-21-27-79-28-22-40)36-73(59(42)58)37-49-54-56(65)51(75)34-67(54,5)66(4)24-19-53-68(6,46-15-11-12-16-46)62(78)55-47-20-26-71-57(47)41-18-25-70(55,32-41)69(53,7)61(66)60(49)77/h20,26,29-31,35-36,38-41,46,49-50,52-53,55,60-61,63,71-72,76-77H,8-19,21-25,27-28,32-34,37H2,1-7H3. The van der Waals surface area contributed by atoms with E-state index in [0.29, 0.717) is 61.7 Å². The van der Waals surface area contributed by atoms with Crippen LogP contribution in [-0.2, 0) is 36.8 Å². The van der Waals surface area contributed by atoms with Crippen molar-refractivity contribution in [2.45, 2.75) is 237 Å². The number of carbonyl (C=O) groups excluding carboxylic acids is 3. The Labute approximate surface area is 474 Å². The van der Waals surface area contributed by atoms with Crippen LogP contribution in [0.15, 0.2) is 54.0 Å². The number of ether oxygens (including phenoxy) is 2. The van der Waals surface area contributed by atoms with Crippen molar-refractivity contribution in [2.24, 2.45) is 56.2 Å². The average molecular weight is 1090 g/mol. The minimum Gasteiger partial charge on any atom is -0.392 e. The molecule has 6 saturated carbocycles. The summed E-state index contributed by atoms with van der Waals surface area (Å²) in [7, 11) is 0. The highest BCUT2D eigenvalue weighted by Crippen LogP contribution is 2.84. The van der Waals surface area contributed by atoms with Crippen molar-refractivity contribution in [1.82, 2.24) is 14.5 Å². The number of carbonyl (C=O) groups is 3. The molecule has 10 nitrogen and oxygen atoms in total. The summed E-state index contributed by atoms with van der Waals surface area (Å²) in [6, 6.07) is 9.44. The molecule has 8 aliphatic carbocycles. The lowest BCUT2D eigenvalue weighted by Gasteiger charge is -2.76. The minimum absolute atomic E-state index is 0.0891. The van der Waals surface area contributed by atoms with E-state index in [9.17, 15) is 15.0 Å². The van der Waals surface area contributed by atoms with Crippen LogP contribution >= 0.6 is 0 Å². The lowest BCUT2D eigenvalue weighted by molar-refractivity contribution is -0.271. The Bertz CT molecular complexity index is 3190. The second-order valence-corrected chi connectivity index (χ2v) is 30.6. The molecule has 2 bridgehead atoms. The number of aromatic nitrogens is 3. The van der Waals surface area contributed by atoms with E-state index >= 15 is 9.59 Å². The van der Waals surface area contributed by atoms with Crippen LogP contribution in [0.25, 0.3) is 11.0 Å². The molecule has 8 fully saturated rings. The number of Topliss-reactive ketones (excluding diaryl/α,β-unsaturated/α-hetero) is 2. The van der Waals surface area contributed by atoms with Gasteiger partial charge in [0.1, 0.15) is 18.2 Å². The predicted octanol–water partition coefficient (Wildman–Crippen LogP) is 13.6. The lowest BCUT2D eigenvalue weighted by atomic mass is 9.27. The van der Waals surface area contributed by atoms with E-state index in [1.165, 1.54) is 60.8 Å². The molecule has 4 N–H and O–H groups in total. The van der Waals surface area contributed by atoms with Crippen molar-refractivity contribution in [3.8, 4) is 0 Å².